The maximum absolute atomic E-state index is 12.8. The first kappa shape index (κ1) is 40.1. The van der Waals surface area contributed by atoms with Crippen LogP contribution >= 0.6 is 15.8 Å². The van der Waals surface area contributed by atoms with Gasteiger partial charge in [0.15, 0.2) is 11.5 Å². The second-order valence-electron chi connectivity index (χ2n) is 13.0. The largest absolute Gasteiger partial charge is 1.00 e. The summed E-state index contributed by atoms with van der Waals surface area (Å²) < 4.78 is 19.7. The van der Waals surface area contributed by atoms with E-state index in [2.05, 4.69) is 190 Å². The van der Waals surface area contributed by atoms with Crippen LogP contribution in [0.15, 0.2) is 219 Å². The molecular formula is C49H38CuFN4OP2+2. The van der Waals surface area contributed by atoms with E-state index in [-0.39, 0.29) is 22.9 Å². The van der Waals surface area contributed by atoms with Crippen LogP contribution in [0.25, 0.3) is 22.9 Å². The van der Waals surface area contributed by atoms with Crippen molar-refractivity contribution in [2.24, 2.45) is 0 Å². The number of hydrogen-bond donors (Lipinski definition) is 0. The van der Waals surface area contributed by atoms with Gasteiger partial charge >= 0.3 is 17.1 Å². The summed E-state index contributed by atoms with van der Waals surface area (Å²) in [6.07, 6.45) is 1.67. The number of pyridine rings is 1. The van der Waals surface area contributed by atoms with Gasteiger partial charge in [0, 0.05) is 6.20 Å². The van der Waals surface area contributed by atoms with Gasteiger partial charge < -0.3 is 14.8 Å². The third-order valence-electron chi connectivity index (χ3n) is 9.23. The summed E-state index contributed by atoms with van der Waals surface area (Å²) in [5.41, 5.74) is 1.39. The number of nitrogens with zero attached hydrogens (tertiary/aromatic N) is 4. The maximum Gasteiger partial charge on any atom is 1.00 e. The SMILES string of the molecule is Fc1ccc(-c2n[n-]c(-c3ccccn3)n2)cc1.[Cu+].c1ccc([PH+](c2ccccc2)c2ccccc2Oc2ccccc2[PH+](c2ccccc2)c2ccccc2)cc1. The molecule has 5 nitrogen and oxygen atoms in total. The first-order valence-corrected chi connectivity index (χ1v) is 21.6. The number of rotatable bonds is 10. The average molecular weight is 843 g/mol. The second kappa shape index (κ2) is 19.9. The molecule has 0 radical (unpaired) electrons. The molecule has 0 bridgehead atoms. The zero-order valence-electron chi connectivity index (χ0n) is 31.2. The minimum atomic E-state index is -1.28. The van der Waals surface area contributed by atoms with Crippen molar-refractivity contribution in [3.05, 3.63) is 224 Å². The molecule has 0 unspecified atom stereocenters. The fraction of sp³-hybridized carbons (Fsp3) is 0. The summed E-state index contributed by atoms with van der Waals surface area (Å²) in [5, 5.41) is 15.8. The van der Waals surface area contributed by atoms with Gasteiger partial charge in [0.2, 0.25) is 0 Å². The van der Waals surface area contributed by atoms with E-state index < -0.39 is 15.8 Å². The Morgan fingerprint density at radius 3 is 1.29 bits per heavy atom. The van der Waals surface area contributed by atoms with Crippen LogP contribution in [0.4, 0.5) is 4.39 Å². The standard InChI is InChI=1S/C36H28OP2.C13H8FN4.Cu/c1-5-17-29(18-6-1)38(30-19-7-2-8-20-30)35-27-15-13-25-33(35)37-34-26-14-16-28-36(34)39(31-21-9-3-10-22-31)32-23-11-4-12-24-32;14-10-6-4-9(5-7-10)12-16-13(18-17-12)11-3-1-2-8-15-11;/h1-28H;1-8H;/q;-1;+1/p+2. The Morgan fingerprint density at radius 1 is 0.448 bits per heavy atom. The zero-order valence-corrected chi connectivity index (χ0v) is 34.1. The maximum atomic E-state index is 12.8. The number of halogens is 1. The number of benzene rings is 7. The van der Waals surface area contributed by atoms with Gasteiger partial charge in [-0.1, -0.05) is 115 Å². The summed E-state index contributed by atoms with van der Waals surface area (Å²) in [5.74, 6) is 2.50. The van der Waals surface area contributed by atoms with E-state index >= 15 is 0 Å². The molecular weight excluding hydrogens is 805 g/mol. The van der Waals surface area contributed by atoms with Gasteiger partial charge in [0.25, 0.3) is 0 Å². The van der Waals surface area contributed by atoms with Gasteiger partial charge in [0.05, 0.1) is 11.5 Å². The minimum Gasteiger partial charge on any atom is -0.449 e. The first-order chi connectivity index (χ1) is 28.2. The average Bonchev–Trinajstić information content (AvgIpc) is 3.78. The van der Waals surface area contributed by atoms with E-state index in [0.29, 0.717) is 17.3 Å². The molecule has 2 aromatic heterocycles. The van der Waals surface area contributed by atoms with Crippen LogP contribution in [0, 0.1) is 5.82 Å². The van der Waals surface area contributed by atoms with Crippen LogP contribution < -0.4 is 41.7 Å². The van der Waals surface area contributed by atoms with Crippen LogP contribution in [0.3, 0.4) is 0 Å². The molecule has 0 aliphatic carbocycles. The third kappa shape index (κ3) is 9.72. The molecule has 0 aliphatic heterocycles. The summed E-state index contributed by atoms with van der Waals surface area (Å²) in [6.45, 7) is 0. The molecule has 0 saturated carbocycles. The molecule has 0 N–H and O–H groups in total. The van der Waals surface area contributed by atoms with E-state index in [1.54, 1.807) is 18.3 Å². The number of para-hydroxylation sites is 2. The molecule has 0 saturated heterocycles. The van der Waals surface area contributed by atoms with Gasteiger partial charge in [-0.3, -0.25) is 10.1 Å². The zero-order chi connectivity index (χ0) is 38.7. The van der Waals surface area contributed by atoms with E-state index in [1.807, 2.05) is 18.2 Å². The van der Waals surface area contributed by atoms with Crippen molar-refractivity contribution in [1.82, 2.24) is 20.2 Å². The van der Waals surface area contributed by atoms with E-state index in [4.69, 9.17) is 4.74 Å². The van der Waals surface area contributed by atoms with Crippen molar-refractivity contribution in [3.63, 3.8) is 0 Å². The fourth-order valence-electron chi connectivity index (χ4n) is 6.58. The van der Waals surface area contributed by atoms with E-state index in [1.165, 1.54) is 44.0 Å². The monoisotopic (exact) mass is 842 g/mol. The van der Waals surface area contributed by atoms with Gasteiger partial charge in [0.1, 0.15) is 53.5 Å². The van der Waals surface area contributed by atoms with Gasteiger partial charge in [-0.05, 0) is 108 Å². The van der Waals surface area contributed by atoms with Crippen molar-refractivity contribution in [2.45, 2.75) is 0 Å². The van der Waals surface area contributed by atoms with Crippen LogP contribution in [-0.4, -0.2) is 15.1 Å². The Bertz CT molecular complexity index is 2420. The number of ether oxygens (including phenoxy) is 1. The molecule has 0 atom stereocenters. The molecule has 0 amide bonds. The second-order valence-corrected chi connectivity index (χ2v) is 17.9. The Morgan fingerprint density at radius 2 is 0.862 bits per heavy atom. The molecule has 58 heavy (non-hydrogen) atoms. The Kier molecular flexibility index (Phi) is 13.8. The van der Waals surface area contributed by atoms with Gasteiger partial charge in [-0.2, -0.15) is 0 Å². The molecule has 7 aromatic carbocycles. The number of aromatic nitrogens is 4. The quantitative estimate of drug-likeness (QED) is 0.102. The smallest absolute Gasteiger partial charge is 0.449 e. The summed E-state index contributed by atoms with van der Waals surface area (Å²) in [6, 6.07) is 72.0. The van der Waals surface area contributed by atoms with Crippen LogP contribution in [-0.2, 0) is 17.1 Å². The normalized spacial score (nSPS) is 10.7. The Labute approximate surface area is 351 Å². The van der Waals surface area contributed by atoms with Crippen molar-refractivity contribution < 1.29 is 26.2 Å². The van der Waals surface area contributed by atoms with E-state index in [0.717, 1.165) is 17.1 Å². The van der Waals surface area contributed by atoms with E-state index in [9.17, 15) is 4.39 Å². The first-order valence-electron chi connectivity index (χ1n) is 18.6. The molecule has 9 aromatic rings. The van der Waals surface area contributed by atoms with Gasteiger partial charge in [-0.25, -0.2) is 4.39 Å². The van der Waals surface area contributed by atoms with Crippen molar-refractivity contribution >= 4 is 47.7 Å². The van der Waals surface area contributed by atoms with Crippen LogP contribution in [0.5, 0.6) is 11.5 Å². The van der Waals surface area contributed by atoms with Crippen molar-refractivity contribution in [1.29, 1.82) is 0 Å². The topological polar surface area (TPSA) is 62.0 Å². The fourth-order valence-corrected chi connectivity index (χ4v) is 11.9. The number of hydrogen-bond acceptors (Lipinski definition) is 4. The molecule has 9 rings (SSSR count). The predicted molar refractivity (Wildman–Crippen MR) is 237 cm³/mol. The van der Waals surface area contributed by atoms with Crippen molar-refractivity contribution in [3.8, 4) is 34.4 Å². The molecule has 9 heteroatoms. The summed E-state index contributed by atoms with van der Waals surface area (Å²) in [7, 11) is -2.56. The summed E-state index contributed by atoms with van der Waals surface area (Å²) >= 11 is 0. The minimum absolute atomic E-state index is 0. The Balaban J connectivity index is 0.000000225. The molecule has 0 spiro atoms. The van der Waals surface area contributed by atoms with Gasteiger partial charge in [-0.15, -0.1) is 0 Å². The molecule has 0 fully saturated rings. The Hall–Kier alpha value is -6.06. The molecule has 286 valence electrons. The summed E-state index contributed by atoms with van der Waals surface area (Å²) in [4.78, 5) is 8.42. The predicted octanol–water partition coefficient (Wildman–Crippen LogP) is 8.76. The van der Waals surface area contributed by atoms with Crippen LogP contribution in [0.2, 0.25) is 0 Å². The molecule has 2 heterocycles. The van der Waals surface area contributed by atoms with Crippen molar-refractivity contribution in [2.75, 3.05) is 0 Å². The third-order valence-corrected chi connectivity index (χ3v) is 14.8. The van der Waals surface area contributed by atoms with Crippen LogP contribution in [0.1, 0.15) is 0 Å². The molecule has 0 aliphatic rings.